The minimum Gasteiger partial charge on any atom is -0.460 e. The minimum atomic E-state index is -0.378. The summed E-state index contributed by atoms with van der Waals surface area (Å²) in [6.07, 6.45) is 1.62. The largest absolute Gasteiger partial charge is 0.460 e. The van der Waals surface area contributed by atoms with Crippen molar-refractivity contribution in [3.05, 3.63) is 0 Å². The number of nitrogens with zero attached hydrogens (tertiary/aromatic N) is 1. The molecule has 0 amide bonds. The Morgan fingerprint density at radius 3 is 2.20 bits per heavy atom. The lowest BCUT2D eigenvalue weighted by atomic mass is 9.98. The third-order valence-corrected chi connectivity index (χ3v) is 2.27. The van der Waals surface area contributed by atoms with Crippen molar-refractivity contribution in [1.82, 2.24) is 5.01 Å². The Bertz CT molecular complexity index is 208. The molecule has 0 aliphatic carbocycles. The fourth-order valence-corrected chi connectivity index (χ4v) is 1.52. The predicted molar refractivity (Wildman–Crippen MR) is 61.6 cm³/mol. The average Bonchev–Trinajstić information content (AvgIpc) is 2.02. The van der Waals surface area contributed by atoms with Crippen LogP contribution in [0.4, 0.5) is 0 Å². The van der Waals surface area contributed by atoms with E-state index in [4.69, 9.17) is 10.6 Å². The summed E-state index contributed by atoms with van der Waals surface area (Å²) in [7, 11) is 0. The number of halogens is 1. The molecular weight excluding hydrogens is 216 g/mol. The number of hydrogen-bond donors (Lipinski definition) is 1. The van der Waals surface area contributed by atoms with Gasteiger partial charge >= 0.3 is 5.97 Å². The van der Waals surface area contributed by atoms with Crippen LogP contribution in [0.15, 0.2) is 0 Å². The van der Waals surface area contributed by atoms with Crippen LogP contribution in [0.5, 0.6) is 0 Å². The molecule has 0 aromatic carbocycles. The highest BCUT2D eigenvalue weighted by molar-refractivity contribution is 5.85. The van der Waals surface area contributed by atoms with Gasteiger partial charge in [0, 0.05) is 13.1 Å². The van der Waals surface area contributed by atoms with Crippen molar-refractivity contribution < 1.29 is 9.53 Å². The molecule has 1 heterocycles. The molecule has 0 atom stereocenters. The van der Waals surface area contributed by atoms with E-state index < -0.39 is 0 Å². The van der Waals surface area contributed by atoms with Crippen molar-refractivity contribution in [2.75, 3.05) is 13.1 Å². The molecule has 1 saturated heterocycles. The highest BCUT2D eigenvalue weighted by atomic mass is 35.5. The molecule has 1 aliphatic rings. The van der Waals surface area contributed by atoms with Crippen LogP contribution in [-0.4, -0.2) is 29.7 Å². The van der Waals surface area contributed by atoms with Crippen LogP contribution >= 0.6 is 12.4 Å². The maximum atomic E-state index is 11.6. The summed E-state index contributed by atoms with van der Waals surface area (Å²) in [6.45, 7) is 7.24. The number of nitrogens with two attached hydrogens (primary N) is 1. The summed E-state index contributed by atoms with van der Waals surface area (Å²) in [4.78, 5) is 11.6. The number of esters is 1. The maximum absolute atomic E-state index is 11.6. The first-order chi connectivity index (χ1) is 6.38. The summed E-state index contributed by atoms with van der Waals surface area (Å²) in [6, 6.07) is 0. The topological polar surface area (TPSA) is 55.6 Å². The fourth-order valence-electron chi connectivity index (χ4n) is 1.52. The quantitative estimate of drug-likeness (QED) is 0.552. The third kappa shape index (κ3) is 5.35. The zero-order valence-electron chi connectivity index (χ0n) is 9.66. The monoisotopic (exact) mass is 236 g/mol. The molecule has 2 N–H and O–H groups in total. The molecule has 5 heteroatoms. The molecule has 4 nitrogen and oxygen atoms in total. The van der Waals surface area contributed by atoms with Crippen LogP contribution in [0.1, 0.15) is 33.6 Å². The molecule has 0 radical (unpaired) electrons. The van der Waals surface area contributed by atoms with Crippen molar-refractivity contribution in [2.45, 2.75) is 39.2 Å². The van der Waals surface area contributed by atoms with E-state index in [1.165, 1.54) is 0 Å². The van der Waals surface area contributed by atoms with Gasteiger partial charge in [0.25, 0.3) is 0 Å². The molecular formula is C10H21ClN2O2. The molecule has 1 rings (SSSR count). The van der Waals surface area contributed by atoms with Gasteiger partial charge in [-0.15, -0.1) is 12.4 Å². The summed E-state index contributed by atoms with van der Waals surface area (Å²) in [5, 5.41) is 1.75. The van der Waals surface area contributed by atoms with E-state index in [-0.39, 0.29) is 29.9 Å². The van der Waals surface area contributed by atoms with Gasteiger partial charge in [-0.25, -0.2) is 5.01 Å². The van der Waals surface area contributed by atoms with Crippen molar-refractivity contribution in [2.24, 2.45) is 11.8 Å². The Balaban J connectivity index is 0.00000196. The second-order valence-electron chi connectivity index (χ2n) is 4.84. The second kappa shape index (κ2) is 5.68. The van der Waals surface area contributed by atoms with Gasteiger partial charge in [0.1, 0.15) is 5.60 Å². The lowest BCUT2D eigenvalue weighted by Gasteiger charge is -2.29. The lowest BCUT2D eigenvalue weighted by Crippen LogP contribution is -2.42. The van der Waals surface area contributed by atoms with Crippen molar-refractivity contribution in [1.29, 1.82) is 0 Å². The highest BCUT2D eigenvalue weighted by Gasteiger charge is 2.27. The summed E-state index contributed by atoms with van der Waals surface area (Å²) < 4.78 is 5.31. The van der Waals surface area contributed by atoms with E-state index >= 15 is 0 Å². The number of rotatable bonds is 1. The summed E-state index contributed by atoms with van der Waals surface area (Å²) in [5.41, 5.74) is -0.378. The molecule has 0 aromatic heterocycles. The zero-order chi connectivity index (χ0) is 10.8. The third-order valence-electron chi connectivity index (χ3n) is 2.27. The maximum Gasteiger partial charge on any atom is 0.309 e. The molecule has 0 spiro atoms. The van der Waals surface area contributed by atoms with E-state index in [1.54, 1.807) is 5.01 Å². The number of hydrazine groups is 1. The minimum absolute atomic E-state index is 0. The van der Waals surface area contributed by atoms with E-state index in [0.717, 1.165) is 25.9 Å². The normalized spacial score (nSPS) is 19.5. The van der Waals surface area contributed by atoms with Gasteiger partial charge in [-0.3, -0.25) is 10.6 Å². The average molecular weight is 237 g/mol. The number of carbonyl (C=O) groups is 1. The molecule has 0 bridgehead atoms. The Kier molecular flexibility index (Phi) is 5.56. The Morgan fingerprint density at radius 2 is 1.80 bits per heavy atom. The Labute approximate surface area is 97.5 Å². The van der Waals surface area contributed by atoms with Crippen LogP contribution in [0, 0.1) is 5.92 Å². The first kappa shape index (κ1) is 14.7. The number of carbonyl (C=O) groups excluding carboxylic acids is 1. The lowest BCUT2D eigenvalue weighted by molar-refractivity contribution is -0.161. The first-order valence-corrected chi connectivity index (χ1v) is 5.11. The van der Waals surface area contributed by atoms with E-state index in [1.807, 2.05) is 20.8 Å². The SMILES string of the molecule is CC(C)(C)OC(=O)C1CCN(N)CC1.Cl. The van der Waals surface area contributed by atoms with Crippen LogP contribution in [0.3, 0.4) is 0 Å². The fraction of sp³-hybridized carbons (Fsp3) is 0.900. The van der Waals surface area contributed by atoms with Crippen molar-refractivity contribution >= 4 is 18.4 Å². The van der Waals surface area contributed by atoms with Gasteiger partial charge in [0.15, 0.2) is 0 Å². The van der Waals surface area contributed by atoms with Crippen LogP contribution in [0.25, 0.3) is 0 Å². The van der Waals surface area contributed by atoms with E-state index in [2.05, 4.69) is 0 Å². The van der Waals surface area contributed by atoms with Crippen LogP contribution < -0.4 is 5.84 Å². The molecule has 1 aliphatic heterocycles. The predicted octanol–water partition coefficient (Wildman–Crippen LogP) is 1.34. The Hall–Kier alpha value is -0.320. The van der Waals surface area contributed by atoms with Gasteiger partial charge in [-0.1, -0.05) is 0 Å². The number of ether oxygens (including phenoxy) is 1. The van der Waals surface area contributed by atoms with Crippen LogP contribution in [0.2, 0.25) is 0 Å². The van der Waals surface area contributed by atoms with Gasteiger partial charge in [-0.2, -0.15) is 0 Å². The smallest absolute Gasteiger partial charge is 0.309 e. The molecule has 15 heavy (non-hydrogen) atoms. The summed E-state index contributed by atoms with van der Waals surface area (Å²) in [5.74, 6) is 5.56. The van der Waals surface area contributed by atoms with E-state index in [0.29, 0.717) is 0 Å². The van der Waals surface area contributed by atoms with E-state index in [9.17, 15) is 4.79 Å². The molecule has 90 valence electrons. The summed E-state index contributed by atoms with van der Waals surface area (Å²) >= 11 is 0. The first-order valence-electron chi connectivity index (χ1n) is 5.11. The van der Waals surface area contributed by atoms with Gasteiger partial charge < -0.3 is 4.74 Å². The Morgan fingerprint density at radius 1 is 1.33 bits per heavy atom. The molecule has 0 aromatic rings. The van der Waals surface area contributed by atoms with Gasteiger partial charge in [-0.05, 0) is 33.6 Å². The van der Waals surface area contributed by atoms with Crippen molar-refractivity contribution in [3.63, 3.8) is 0 Å². The molecule has 0 saturated carbocycles. The molecule has 0 unspecified atom stereocenters. The van der Waals surface area contributed by atoms with Gasteiger partial charge in [0.05, 0.1) is 5.92 Å². The van der Waals surface area contributed by atoms with Gasteiger partial charge in [0.2, 0.25) is 0 Å². The molecule has 1 fully saturated rings. The zero-order valence-corrected chi connectivity index (χ0v) is 10.5. The number of hydrogen-bond acceptors (Lipinski definition) is 4. The highest BCUT2D eigenvalue weighted by Crippen LogP contribution is 2.19. The van der Waals surface area contributed by atoms with Crippen molar-refractivity contribution in [3.8, 4) is 0 Å². The standard InChI is InChI=1S/C10H20N2O2.ClH/c1-10(2,3)14-9(13)8-4-6-12(11)7-5-8;/h8H,4-7,11H2,1-3H3;1H. The van der Waals surface area contributed by atoms with Crippen LogP contribution in [-0.2, 0) is 9.53 Å². The number of piperidine rings is 1. The second-order valence-corrected chi connectivity index (χ2v) is 4.84.